The summed E-state index contributed by atoms with van der Waals surface area (Å²) in [6.45, 7) is 0.704. The Morgan fingerprint density at radius 3 is 2.77 bits per heavy atom. The van der Waals surface area contributed by atoms with Crippen LogP contribution in [0.4, 0.5) is 0 Å². The van der Waals surface area contributed by atoms with Gasteiger partial charge in [0.1, 0.15) is 5.01 Å². The molecule has 26 heavy (non-hydrogen) atoms. The second-order valence-corrected chi connectivity index (χ2v) is 8.15. The molecule has 0 aliphatic rings. The lowest BCUT2D eigenvalue weighted by atomic mass is 10.2. The van der Waals surface area contributed by atoms with Gasteiger partial charge in [-0.1, -0.05) is 30.3 Å². The number of benzene rings is 1. The van der Waals surface area contributed by atoms with Crippen LogP contribution in [0.25, 0.3) is 10.6 Å². The van der Waals surface area contributed by atoms with Crippen LogP contribution in [-0.2, 0) is 17.8 Å². The van der Waals surface area contributed by atoms with E-state index in [0.29, 0.717) is 11.3 Å². The highest BCUT2D eigenvalue weighted by atomic mass is 32.1. The summed E-state index contributed by atoms with van der Waals surface area (Å²) in [5.74, 6) is -0.170. The first-order valence-electron chi connectivity index (χ1n) is 8.00. The molecular formula is C19H15N3OS3. The summed E-state index contributed by atoms with van der Waals surface area (Å²) in [7, 11) is 0. The SMILES string of the molecule is O=C(Cc1csc(-c2ccsc2)n1)N=c1sccn1Cc1ccccc1. The predicted octanol–water partition coefficient (Wildman–Crippen LogP) is 4.45. The van der Waals surface area contributed by atoms with Crippen molar-refractivity contribution in [2.24, 2.45) is 4.99 Å². The second-order valence-electron chi connectivity index (χ2n) is 5.64. The molecular weight excluding hydrogens is 382 g/mol. The molecule has 0 saturated carbocycles. The number of thiophene rings is 1. The van der Waals surface area contributed by atoms with Crippen molar-refractivity contribution in [2.45, 2.75) is 13.0 Å². The zero-order valence-corrected chi connectivity index (χ0v) is 16.2. The van der Waals surface area contributed by atoms with Crippen molar-refractivity contribution in [1.82, 2.24) is 9.55 Å². The Morgan fingerprint density at radius 2 is 1.96 bits per heavy atom. The van der Waals surface area contributed by atoms with Crippen LogP contribution in [0.3, 0.4) is 0 Å². The van der Waals surface area contributed by atoms with E-state index in [-0.39, 0.29) is 12.3 Å². The van der Waals surface area contributed by atoms with Gasteiger partial charge >= 0.3 is 0 Å². The Morgan fingerprint density at radius 1 is 1.08 bits per heavy atom. The molecule has 4 rings (SSSR count). The van der Waals surface area contributed by atoms with Crippen LogP contribution in [0.1, 0.15) is 11.3 Å². The molecule has 0 unspecified atom stereocenters. The number of carbonyl (C=O) groups excluding carboxylic acids is 1. The van der Waals surface area contributed by atoms with Crippen LogP contribution in [0.15, 0.2) is 69.1 Å². The number of hydrogen-bond donors (Lipinski definition) is 0. The highest BCUT2D eigenvalue weighted by Gasteiger charge is 2.09. The van der Waals surface area contributed by atoms with Crippen molar-refractivity contribution in [3.8, 4) is 10.6 Å². The molecule has 1 amide bonds. The Kier molecular flexibility index (Phi) is 5.19. The molecule has 0 fully saturated rings. The minimum atomic E-state index is -0.170. The van der Waals surface area contributed by atoms with Gasteiger partial charge in [0, 0.05) is 34.4 Å². The number of carbonyl (C=O) groups is 1. The number of aromatic nitrogens is 2. The average Bonchev–Trinajstić information content (AvgIpc) is 3.38. The van der Waals surface area contributed by atoms with Gasteiger partial charge in [-0.3, -0.25) is 4.79 Å². The summed E-state index contributed by atoms with van der Waals surface area (Å²) in [6.07, 6.45) is 2.19. The molecule has 3 heterocycles. The molecule has 0 saturated heterocycles. The molecule has 0 radical (unpaired) electrons. The Labute approximate surface area is 162 Å². The van der Waals surface area contributed by atoms with Crippen LogP contribution in [0.5, 0.6) is 0 Å². The van der Waals surface area contributed by atoms with E-state index in [1.165, 1.54) is 16.9 Å². The molecule has 3 aromatic heterocycles. The maximum Gasteiger partial charge on any atom is 0.254 e. The fourth-order valence-corrected chi connectivity index (χ4v) is 4.77. The second kappa shape index (κ2) is 7.90. The molecule has 0 N–H and O–H groups in total. The van der Waals surface area contributed by atoms with Crippen LogP contribution >= 0.6 is 34.0 Å². The van der Waals surface area contributed by atoms with Gasteiger partial charge in [-0.2, -0.15) is 16.3 Å². The van der Waals surface area contributed by atoms with Gasteiger partial charge in [0.15, 0.2) is 4.80 Å². The molecule has 0 aliphatic heterocycles. The molecule has 7 heteroatoms. The topological polar surface area (TPSA) is 47.2 Å². The van der Waals surface area contributed by atoms with Crippen molar-refractivity contribution < 1.29 is 4.79 Å². The first kappa shape index (κ1) is 17.1. The van der Waals surface area contributed by atoms with Gasteiger partial charge in [-0.25, -0.2) is 4.98 Å². The van der Waals surface area contributed by atoms with E-state index in [9.17, 15) is 4.79 Å². The van der Waals surface area contributed by atoms with Gasteiger partial charge < -0.3 is 4.57 Å². The summed E-state index contributed by atoms with van der Waals surface area (Å²) in [5.41, 5.74) is 3.06. The highest BCUT2D eigenvalue weighted by molar-refractivity contribution is 7.14. The maximum absolute atomic E-state index is 12.4. The van der Waals surface area contributed by atoms with Crippen molar-refractivity contribution in [3.05, 3.63) is 80.2 Å². The quantitative estimate of drug-likeness (QED) is 0.499. The molecule has 0 spiro atoms. The van der Waals surface area contributed by atoms with Gasteiger partial charge in [-0.05, 0) is 17.0 Å². The summed E-state index contributed by atoms with van der Waals surface area (Å²) >= 11 is 4.67. The zero-order chi connectivity index (χ0) is 17.8. The summed E-state index contributed by atoms with van der Waals surface area (Å²) in [4.78, 5) is 21.9. The first-order valence-corrected chi connectivity index (χ1v) is 10.7. The lowest BCUT2D eigenvalue weighted by Crippen LogP contribution is -2.17. The smallest absolute Gasteiger partial charge is 0.254 e. The standard InChI is InChI=1S/C19H15N3OS3/c23-17(10-16-13-26-18(20-16)15-6-8-24-12-15)21-19-22(7-9-25-19)11-14-4-2-1-3-5-14/h1-9,12-13H,10-11H2. The average molecular weight is 398 g/mol. The third-order valence-corrected chi connectivity index (χ3v) is 6.15. The van der Waals surface area contributed by atoms with Crippen molar-refractivity contribution in [1.29, 1.82) is 0 Å². The minimum Gasteiger partial charge on any atom is -0.319 e. The van der Waals surface area contributed by atoms with Crippen LogP contribution in [0.2, 0.25) is 0 Å². The number of thiazole rings is 2. The summed E-state index contributed by atoms with van der Waals surface area (Å²) < 4.78 is 2.00. The van der Waals surface area contributed by atoms with Crippen molar-refractivity contribution >= 4 is 39.9 Å². The molecule has 4 aromatic rings. The number of rotatable bonds is 5. The Balaban J connectivity index is 1.49. The van der Waals surface area contributed by atoms with E-state index in [1.54, 1.807) is 22.7 Å². The fraction of sp³-hybridized carbons (Fsp3) is 0.105. The van der Waals surface area contributed by atoms with Crippen LogP contribution in [0, 0.1) is 0 Å². The van der Waals surface area contributed by atoms with Gasteiger partial charge in [0.2, 0.25) is 0 Å². The summed E-state index contributed by atoms with van der Waals surface area (Å²) in [5, 5.41) is 8.93. The monoisotopic (exact) mass is 397 g/mol. The largest absolute Gasteiger partial charge is 0.319 e. The summed E-state index contributed by atoms with van der Waals surface area (Å²) in [6, 6.07) is 12.2. The molecule has 0 bridgehead atoms. The first-order chi connectivity index (χ1) is 12.8. The fourth-order valence-electron chi connectivity index (χ4n) is 2.50. The lowest BCUT2D eigenvalue weighted by molar-refractivity contribution is -0.117. The normalized spacial score (nSPS) is 11.8. The number of nitrogens with zero attached hydrogens (tertiary/aromatic N) is 3. The van der Waals surface area contributed by atoms with E-state index in [4.69, 9.17) is 0 Å². The lowest BCUT2D eigenvalue weighted by Gasteiger charge is -2.02. The van der Waals surface area contributed by atoms with Gasteiger partial charge in [-0.15, -0.1) is 22.7 Å². The van der Waals surface area contributed by atoms with Crippen molar-refractivity contribution in [3.63, 3.8) is 0 Å². The van der Waals surface area contributed by atoms with Crippen LogP contribution < -0.4 is 4.80 Å². The van der Waals surface area contributed by atoms with Crippen molar-refractivity contribution in [2.75, 3.05) is 0 Å². The van der Waals surface area contributed by atoms with E-state index >= 15 is 0 Å². The third-order valence-electron chi connectivity index (χ3n) is 3.73. The third kappa shape index (κ3) is 4.07. The zero-order valence-electron chi connectivity index (χ0n) is 13.7. The predicted molar refractivity (Wildman–Crippen MR) is 108 cm³/mol. The maximum atomic E-state index is 12.4. The minimum absolute atomic E-state index is 0.170. The number of amides is 1. The molecule has 0 aliphatic carbocycles. The van der Waals surface area contributed by atoms with Gasteiger partial charge in [0.25, 0.3) is 5.91 Å². The molecule has 4 nitrogen and oxygen atoms in total. The van der Waals surface area contributed by atoms with E-state index in [2.05, 4.69) is 27.5 Å². The molecule has 1 aromatic carbocycles. The van der Waals surface area contributed by atoms with Crippen LogP contribution in [-0.4, -0.2) is 15.5 Å². The van der Waals surface area contributed by atoms with E-state index in [1.807, 2.05) is 51.2 Å². The van der Waals surface area contributed by atoms with E-state index < -0.39 is 0 Å². The van der Waals surface area contributed by atoms with Gasteiger partial charge in [0.05, 0.1) is 12.1 Å². The molecule has 0 atom stereocenters. The Hall–Kier alpha value is -2.35. The van der Waals surface area contributed by atoms with E-state index in [0.717, 1.165) is 16.3 Å². The molecule has 130 valence electrons. The number of hydrogen-bond acceptors (Lipinski definition) is 5. The Bertz CT molecular complexity index is 1060. The highest BCUT2D eigenvalue weighted by Crippen LogP contribution is 2.25.